The smallest absolute Gasteiger partial charge is 0.435 e. The van der Waals surface area contributed by atoms with Gasteiger partial charge in [-0.25, -0.2) is 14.8 Å². The third-order valence-corrected chi connectivity index (χ3v) is 8.34. The van der Waals surface area contributed by atoms with Gasteiger partial charge in [0.25, 0.3) is 5.91 Å². The van der Waals surface area contributed by atoms with Gasteiger partial charge in [-0.15, -0.1) is 0 Å². The molecule has 2 heterocycles. The molecule has 2 amide bonds. The number of aromatic nitrogens is 3. The molecule has 1 atom stereocenters. The molecular weight excluding hydrogens is 624 g/mol. The lowest BCUT2D eigenvalue weighted by molar-refractivity contribution is -0.140. The Kier molecular flexibility index (Phi) is 10.7. The van der Waals surface area contributed by atoms with E-state index in [4.69, 9.17) is 36.5 Å². The van der Waals surface area contributed by atoms with Crippen LogP contribution in [0.5, 0.6) is 5.75 Å². The van der Waals surface area contributed by atoms with Crippen molar-refractivity contribution in [2.45, 2.75) is 57.7 Å². The number of imidazole rings is 1. The third kappa shape index (κ3) is 8.07. The van der Waals surface area contributed by atoms with E-state index in [0.29, 0.717) is 34.0 Å². The molecule has 47 heavy (non-hydrogen) atoms. The molecule has 12 nitrogen and oxygen atoms in total. The normalized spacial score (nSPS) is 14.4. The topological polar surface area (TPSA) is 151 Å². The summed E-state index contributed by atoms with van der Waals surface area (Å²) >= 11 is 6.51. The summed E-state index contributed by atoms with van der Waals surface area (Å²) in [5.41, 5.74) is 8.25. The lowest BCUT2D eigenvalue weighted by atomic mass is 9.98. The van der Waals surface area contributed by atoms with Gasteiger partial charge in [-0.2, -0.15) is 4.99 Å². The number of esters is 1. The fourth-order valence-electron chi connectivity index (χ4n) is 5.55. The molecule has 1 saturated carbocycles. The Morgan fingerprint density at radius 2 is 1.89 bits per heavy atom. The number of rotatable bonds is 10. The summed E-state index contributed by atoms with van der Waals surface area (Å²) in [4.78, 5) is 52.2. The highest BCUT2D eigenvalue weighted by Crippen LogP contribution is 2.29. The third-order valence-electron chi connectivity index (χ3n) is 8.02. The van der Waals surface area contributed by atoms with Crippen molar-refractivity contribution in [3.8, 4) is 5.75 Å². The number of carbonyl (C=O) groups is 3. The summed E-state index contributed by atoms with van der Waals surface area (Å²) in [5.74, 6) is 0.697. The number of halogens is 1. The molecule has 1 fully saturated rings. The molecule has 0 bridgehead atoms. The summed E-state index contributed by atoms with van der Waals surface area (Å²) in [5, 5.41) is 0.263. The average Bonchev–Trinajstić information content (AvgIpc) is 3.41. The van der Waals surface area contributed by atoms with Gasteiger partial charge in [-0.05, 0) is 81.1 Å². The Bertz CT molecular complexity index is 1790. The maximum absolute atomic E-state index is 13.6. The largest absolute Gasteiger partial charge is 0.483 e. The van der Waals surface area contributed by atoms with Crippen molar-refractivity contribution >= 4 is 52.3 Å². The molecule has 2 aromatic heterocycles. The van der Waals surface area contributed by atoms with Crippen molar-refractivity contribution in [3.05, 3.63) is 82.8 Å². The summed E-state index contributed by atoms with van der Waals surface area (Å²) < 4.78 is 18.3. The van der Waals surface area contributed by atoms with E-state index in [1.807, 2.05) is 24.6 Å². The van der Waals surface area contributed by atoms with Crippen LogP contribution >= 0.6 is 11.6 Å². The van der Waals surface area contributed by atoms with Crippen molar-refractivity contribution in [1.82, 2.24) is 14.5 Å². The average molecular weight is 661 g/mol. The summed E-state index contributed by atoms with van der Waals surface area (Å²) in [6, 6.07) is 15.4. The molecule has 2 N–H and O–H groups in total. The lowest BCUT2D eigenvalue weighted by Gasteiger charge is -2.21. The van der Waals surface area contributed by atoms with Gasteiger partial charge in [-0.3, -0.25) is 14.5 Å². The number of methoxy groups -OCH3 is 1. The van der Waals surface area contributed by atoms with Crippen LogP contribution in [0.4, 0.5) is 10.6 Å². The number of aryl methyl sites for hydroxylation is 1. The van der Waals surface area contributed by atoms with Gasteiger partial charge in [-0.1, -0.05) is 24.1 Å². The number of hydrogen-bond donors (Lipinski definition) is 1. The van der Waals surface area contributed by atoms with E-state index in [1.165, 1.54) is 12.0 Å². The maximum Gasteiger partial charge on any atom is 0.435 e. The van der Waals surface area contributed by atoms with Crippen molar-refractivity contribution < 1.29 is 28.6 Å². The molecule has 1 aliphatic rings. The van der Waals surface area contributed by atoms with E-state index < -0.39 is 18.2 Å². The van der Waals surface area contributed by atoms with Gasteiger partial charge in [0.2, 0.25) is 0 Å². The van der Waals surface area contributed by atoms with E-state index >= 15 is 0 Å². The van der Waals surface area contributed by atoms with Gasteiger partial charge in [0, 0.05) is 30.9 Å². The second-order valence-corrected chi connectivity index (χ2v) is 11.7. The Morgan fingerprint density at radius 3 is 2.60 bits per heavy atom. The first-order valence-corrected chi connectivity index (χ1v) is 15.8. The number of benzene rings is 2. The number of amidine groups is 1. The first kappa shape index (κ1) is 33.4. The van der Waals surface area contributed by atoms with E-state index in [-0.39, 0.29) is 35.8 Å². The van der Waals surface area contributed by atoms with Crippen LogP contribution in [0.1, 0.15) is 73.3 Å². The number of nitrogens with zero attached hydrogens (tertiary/aromatic N) is 5. The molecule has 0 spiro atoms. The van der Waals surface area contributed by atoms with Crippen molar-refractivity contribution in [2.24, 2.45) is 17.8 Å². The molecule has 0 radical (unpaired) electrons. The zero-order valence-corrected chi connectivity index (χ0v) is 27.3. The molecule has 2 aromatic carbocycles. The number of hydrogen-bond acceptors (Lipinski definition) is 8. The number of nitrogens with two attached hydrogens (primary N) is 1. The van der Waals surface area contributed by atoms with Crippen LogP contribution in [0.2, 0.25) is 5.02 Å². The molecule has 246 valence electrons. The van der Waals surface area contributed by atoms with Gasteiger partial charge in [0.15, 0.2) is 11.9 Å². The fourth-order valence-corrected chi connectivity index (χ4v) is 5.82. The Balaban J connectivity index is 1.30. The number of fused-ring (bicyclic) bond motifs is 1. The summed E-state index contributed by atoms with van der Waals surface area (Å²) in [6.07, 6.45) is 5.11. The first-order chi connectivity index (χ1) is 22.6. The van der Waals surface area contributed by atoms with Crippen LogP contribution in [0.25, 0.3) is 11.0 Å². The van der Waals surface area contributed by atoms with Gasteiger partial charge in [0.05, 0.1) is 29.6 Å². The number of amides is 2. The van der Waals surface area contributed by atoms with Gasteiger partial charge < -0.3 is 24.5 Å². The number of pyridine rings is 1. The highest BCUT2D eigenvalue weighted by Gasteiger charge is 2.23. The van der Waals surface area contributed by atoms with Crippen molar-refractivity contribution in [3.63, 3.8) is 0 Å². The van der Waals surface area contributed by atoms with E-state index in [9.17, 15) is 14.4 Å². The number of anilines is 1. The minimum atomic E-state index is -0.725. The van der Waals surface area contributed by atoms with Gasteiger partial charge in [0.1, 0.15) is 23.5 Å². The number of ether oxygens (including phenoxy) is 3. The highest BCUT2D eigenvalue weighted by molar-refractivity contribution is 6.34. The van der Waals surface area contributed by atoms with Crippen LogP contribution in [0.15, 0.2) is 65.8 Å². The zero-order chi connectivity index (χ0) is 33.5. The summed E-state index contributed by atoms with van der Waals surface area (Å²) in [6.45, 7) is 1.95. The highest BCUT2D eigenvalue weighted by atomic mass is 35.5. The lowest BCUT2D eigenvalue weighted by Crippen LogP contribution is -2.33. The second-order valence-electron chi connectivity index (χ2n) is 11.2. The molecule has 1 unspecified atom stereocenters. The fraction of sp³-hybridized carbons (Fsp3) is 0.353. The van der Waals surface area contributed by atoms with Crippen LogP contribution in [-0.2, 0) is 21.3 Å². The first-order valence-electron chi connectivity index (χ1n) is 15.4. The predicted octanol–water partition coefficient (Wildman–Crippen LogP) is 6.15. The molecule has 4 aromatic rings. The van der Waals surface area contributed by atoms with Crippen LogP contribution in [0.3, 0.4) is 0 Å². The molecule has 0 aliphatic heterocycles. The zero-order valence-electron chi connectivity index (χ0n) is 26.5. The Labute approximate surface area is 277 Å². The SMILES string of the molecule is COC(=O)CCN(C(=O)c1ccc2c(c1)nc(C(C)Oc1ccc(/C(N)=N\C(=O)OC3CCCCC3)c(Cl)c1)n2C)c1ccccn1. The second kappa shape index (κ2) is 15.1. The van der Waals surface area contributed by atoms with E-state index in [1.54, 1.807) is 54.7 Å². The van der Waals surface area contributed by atoms with E-state index in [2.05, 4.69) is 9.98 Å². The molecule has 1 aliphatic carbocycles. The van der Waals surface area contributed by atoms with Crippen molar-refractivity contribution in [1.29, 1.82) is 0 Å². The minimum Gasteiger partial charge on any atom is -0.483 e. The Morgan fingerprint density at radius 1 is 1.11 bits per heavy atom. The molecule has 5 rings (SSSR count). The number of carbonyl (C=O) groups excluding carboxylic acids is 3. The monoisotopic (exact) mass is 660 g/mol. The minimum absolute atomic E-state index is 0.0149. The maximum atomic E-state index is 13.6. The Hall–Kier alpha value is -4.97. The van der Waals surface area contributed by atoms with Crippen LogP contribution in [-0.4, -0.2) is 58.1 Å². The quantitative estimate of drug-likeness (QED) is 0.120. The van der Waals surface area contributed by atoms with Crippen molar-refractivity contribution in [2.75, 3.05) is 18.6 Å². The molecular formula is C34H37ClN6O6. The predicted molar refractivity (Wildman–Crippen MR) is 178 cm³/mol. The molecule has 0 saturated heterocycles. The standard InChI is InChI=1S/C34H37ClN6O6/c1-21(46-24-13-14-25(26(35)20-24)31(36)39-34(44)47-23-9-5-4-6-10-23)32-38-27-19-22(12-15-28(27)40(32)2)33(43)41(18-16-30(42)45-3)29-11-7-8-17-37-29/h7-8,11-15,17,19-21,23H,4-6,9-10,16,18H2,1-3H3,(H2,36,39,44). The summed E-state index contributed by atoms with van der Waals surface area (Å²) in [7, 11) is 3.17. The molecule has 13 heteroatoms. The van der Waals surface area contributed by atoms with Gasteiger partial charge >= 0.3 is 12.1 Å². The van der Waals surface area contributed by atoms with Crippen LogP contribution in [0, 0.1) is 0 Å². The van der Waals surface area contributed by atoms with Crippen LogP contribution < -0.4 is 15.4 Å². The number of aliphatic imine (C=N–C) groups is 1. The van der Waals surface area contributed by atoms with E-state index in [0.717, 1.165) is 37.6 Å².